The van der Waals surface area contributed by atoms with Crippen LogP contribution >= 0.6 is 0 Å². The summed E-state index contributed by atoms with van der Waals surface area (Å²) in [6.45, 7) is 2.59. The summed E-state index contributed by atoms with van der Waals surface area (Å²) in [4.78, 5) is 49.5. The summed E-state index contributed by atoms with van der Waals surface area (Å²) < 4.78 is 5.63. The smallest absolute Gasteiger partial charge is 0.272 e. The maximum Gasteiger partial charge on any atom is 0.272 e. The second-order valence-corrected chi connectivity index (χ2v) is 9.55. The first-order valence-electron chi connectivity index (χ1n) is 11.6. The first-order chi connectivity index (χ1) is 17.3. The lowest BCUT2D eigenvalue weighted by atomic mass is 9.63. The average Bonchev–Trinajstić information content (AvgIpc) is 2.87. The van der Waals surface area contributed by atoms with Crippen LogP contribution in [0.25, 0.3) is 11.3 Å². The molecular weight excluding hydrogens is 456 g/mol. The monoisotopic (exact) mass is 480 g/mol. The fourth-order valence-corrected chi connectivity index (χ4v) is 5.37. The number of ketones is 2. The quantitative estimate of drug-likeness (QED) is 0.525. The maximum atomic E-state index is 13.4. The minimum absolute atomic E-state index is 0.151. The number of nitriles is 1. The number of carbonyl (C=O) groups is 3. The molecule has 1 aliphatic heterocycles. The molecule has 2 fully saturated rings. The van der Waals surface area contributed by atoms with Gasteiger partial charge in [-0.25, -0.2) is 0 Å². The van der Waals surface area contributed by atoms with E-state index >= 15 is 0 Å². The van der Waals surface area contributed by atoms with Crippen molar-refractivity contribution in [2.75, 3.05) is 20.2 Å². The number of carbonyl (C=O) groups excluding carboxylic acids is 3. The molecule has 36 heavy (non-hydrogen) atoms. The lowest BCUT2D eigenvalue weighted by Gasteiger charge is -2.52. The average molecular weight is 481 g/mol. The first-order valence-corrected chi connectivity index (χ1v) is 11.6. The van der Waals surface area contributed by atoms with E-state index in [2.05, 4.69) is 9.97 Å². The van der Waals surface area contributed by atoms with Crippen LogP contribution in [-0.2, 0) is 9.59 Å². The Labute approximate surface area is 208 Å². The number of aromatic nitrogens is 2. The zero-order valence-corrected chi connectivity index (χ0v) is 20.0. The molecule has 1 saturated carbocycles. The first kappa shape index (κ1) is 23.4. The second kappa shape index (κ2) is 9.00. The SMILES string of the molecule is COc1cc(-c2ccc(C#N)cn2)cc(C)c1C1C(=O)CC2(CC1=O)CN(C(=O)c1ccccn1)C2. The summed E-state index contributed by atoms with van der Waals surface area (Å²) >= 11 is 0. The molecule has 3 aromatic rings. The standard InChI is InChI=1S/C28H24N4O4/c1-17-9-19(20-7-6-18(13-29)14-31-20)10-24(36-2)25(17)26-22(33)11-28(12-23(26)34)15-32(16-28)27(35)21-5-3-4-8-30-21/h3-10,14,26H,11-12,15-16H2,1-2H3. The molecule has 0 bridgehead atoms. The highest BCUT2D eigenvalue weighted by atomic mass is 16.5. The van der Waals surface area contributed by atoms with Gasteiger partial charge in [-0.3, -0.25) is 24.4 Å². The molecular formula is C28H24N4O4. The lowest BCUT2D eigenvalue weighted by molar-refractivity contribution is -0.142. The van der Waals surface area contributed by atoms with Crippen molar-refractivity contribution in [3.05, 3.63) is 77.2 Å². The van der Waals surface area contributed by atoms with Crippen molar-refractivity contribution >= 4 is 17.5 Å². The Balaban J connectivity index is 1.37. The van der Waals surface area contributed by atoms with Gasteiger partial charge in [-0.15, -0.1) is 0 Å². The number of amides is 1. The van der Waals surface area contributed by atoms with Crippen LogP contribution in [0.5, 0.6) is 5.75 Å². The zero-order chi connectivity index (χ0) is 25.4. The van der Waals surface area contributed by atoms with Crippen molar-refractivity contribution in [3.8, 4) is 23.1 Å². The van der Waals surface area contributed by atoms with Gasteiger partial charge >= 0.3 is 0 Å². The van der Waals surface area contributed by atoms with E-state index in [1.165, 1.54) is 13.3 Å². The number of methoxy groups -OCH3 is 1. The van der Waals surface area contributed by atoms with Crippen LogP contribution in [0.3, 0.4) is 0 Å². The molecule has 1 aliphatic carbocycles. The predicted octanol–water partition coefficient (Wildman–Crippen LogP) is 3.49. The number of benzene rings is 1. The highest BCUT2D eigenvalue weighted by Crippen LogP contribution is 2.47. The van der Waals surface area contributed by atoms with Crippen molar-refractivity contribution in [1.82, 2.24) is 14.9 Å². The largest absolute Gasteiger partial charge is 0.496 e. The Bertz CT molecular complexity index is 1380. The van der Waals surface area contributed by atoms with Gasteiger partial charge in [-0.1, -0.05) is 6.07 Å². The molecule has 2 aliphatic rings. The number of likely N-dealkylation sites (tertiary alicyclic amines) is 1. The summed E-state index contributed by atoms with van der Waals surface area (Å²) in [5, 5.41) is 9.01. The minimum Gasteiger partial charge on any atom is -0.496 e. The molecule has 180 valence electrons. The number of nitrogens with zero attached hydrogens (tertiary/aromatic N) is 4. The summed E-state index contributed by atoms with van der Waals surface area (Å²) in [6, 6.07) is 14.3. The van der Waals surface area contributed by atoms with E-state index in [4.69, 9.17) is 10.00 Å². The van der Waals surface area contributed by atoms with Crippen molar-refractivity contribution in [3.63, 3.8) is 0 Å². The Morgan fingerprint density at radius 3 is 2.44 bits per heavy atom. The summed E-state index contributed by atoms with van der Waals surface area (Å²) in [7, 11) is 1.51. The Kier molecular flexibility index (Phi) is 5.84. The van der Waals surface area contributed by atoms with Crippen molar-refractivity contribution in [2.24, 2.45) is 5.41 Å². The van der Waals surface area contributed by atoms with Gasteiger partial charge in [0.1, 0.15) is 35.0 Å². The summed E-state index contributed by atoms with van der Waals surface area (Å²) in [5.41, 5.74) is 3.09. The number of rotatable bonds is 4. The van der Waals surface area contributed by atoms with Gasteiger partial charge in [-0.05, 0) is 48.9 Å². The third-order valence-electron chi connectivity index (χ3n) is 7.01. The third kappa shape index (κ3) is 4.03. The van der Waals surface area contributed by atoms with E-state index in [0.717, 1.165) is 11.1 Å². The molecule has 5 rings (SSSR count). The molecule has 1 amide bonds. The number of pyridine rings is 2. The highest BCUT2D eigenvalue weighted by molar-refractivity contribution is 6.11. The predicted molar refractivity (Wildman–Crippen MR) is 130 cm³/mol. The number of hydrogen-bond donors (Lipinski definition) is 0. The molecule has 8 nitrogen and oxygen atoms in total. The van der Waals surface area contributed by atoms with E-state index in [1.54, 1.807) is 47.5 Å². The lowest BCUT2D eigenvalue weighted by Crippen LogP contribution is -2.62. The molecule has 0 unspecified atom stereocenters. The highest BCUT2D eigenvalue weighted by Gasteiger charge is 2.54. The number of hydrogen-bond acceptors (Lipinski definition) is 7. The van der Waals surface area contributed by atoms with E-state index < -0.39 is 11.3 Å². The van der Waals surface area contributed by atoms with Gasteiger partial charge in [0.2, 0.25) is 0 Å². The molecule has 0 N–H and O–H groups in total. The fraction of sp³-hybridized carbons (Fsp3) is 0.286. The zero-order valence-electron chi connectivity index (χ0n) is 20.0. The van der Waals surface area contributed by atoms with E-state index in [9.17, 15) is 14.4 Å². The Morgan fingerprint density at radius 2 is 1.86 bits per heavy atom. The summed E-state index contributed by atoms with van der Waals surface area (Å²) in [6.07, 6.45) is 3.53. The van der Waals surface area contributed by atoms with Crippen molar-refractivity contribution < 1.29 is 19.1 Å². The van der Waals surface area contributed by atoms with Crippen LogP contribution in [0.4, 0.5) is 0 Å². The molecule has 3 heterocycles. The normalized spacial score (nSPS) is 17.0. The molecule has 2 aromatic heterocycles. The van der Waals surface area contributed by atoms with Crippen LogP contribution in [-0.4, -0.2) is 52.5 Å². The minimum atomic E-state index is -0.894. The molecule has 0 atom stereocenters. The molecule has 1 saturated heterocycles. The van der Waals surface area contributed by atoms with Crippen LogP contribution in [0.1, 0.15) is 45.9 Å². The molecule has 1 aromatic carbocycles. The van der Waals surface area contributed by atoms with Crippen LogP contribution in [0, 0.1) is 23.7 Å². The van der Waals surface area contributed by atoms with E-state index in [-0.39, 0.29) is 30.3 Å². The van der Waals surface area contributed by atoms with Crippen LogP contribution < -0.4 is 4.74 Å². The number of ether oxygens (including phenoxy) is 1. The van der Waals surface area contributed by atoms with Gasteiger partial charge < -0.3 is 9.64 Å². The fourth-order valence-electron chi connectivity index (χ4n) is 5.37. The van der Waals surface area contributed by atoms with Crippen molar-refractivity contribution in [2.45, 2.75) is 25.7 Å². The van der Waals surface area contributed by atoms with Crippen molar-refractivity contribution in [1.29, 1.82) is 5.26 Å². The van der Waals surface area contributed by atoms with Crippen LogP contribution in [0.15, 0.2) is 54.9 Å². The molecule has 8 heteroatoms. The van der Waals surface area contributed by atoms with Gasteiger partial charge in [0.05, 0.1) is 18.4 Å². The third-order valence-corrected chi connectivity index (χ3v) is 7.01. The topological polar surface area (TPSA) is 113 Å². The van der Waals surface area contributed by atoms with E-state index in [1.807, 2.05) is 19.1 Å². The molecule has 0 radical (unpaired) electrons. The number of Topliss-reactive ketones (excluding diaryl/α,β-unsaturated/α-hetero) is 2. The maximum absolute atomic E-state index is 13.4. The van der Waals surface area contributed by atoms with Gasteiger partial charge in [0.25, 0.3) is 5.91 Å². The summed E-state index contributed by atoms with van der Waals surface area (Å²) in [5.74, 6) is -0.926. The van der Waals surface area contributed by atoms with Crippen LogP contribution in [0.2, 0.25) is 0 Å². The van der Waals surface area contributed by atoms with Gasteiger partial charge in [-0.2, -0.15) is 5.26 Å². The van der Waals surface area contributed by atoms with E-state index in [0.29, 0.717) is 41.4 Å². The Hall–Kier alpha value is -4.38. The second-order valence-electron chi connectivity index (χ2n) is 9.55. The Morgan fingerprint density at radius 1 is 1.11 bits per heavy atom. The molecule has 1 spiro atoms. The van der Waals surface area contributed by atoms with Gasteiger partial charge in [0.15, 0.2) is 0 Å². The van der Waals surface area contributed by atoms with Gasteiger partial charge in [0, 0.05) is 54.9 Å². The number of aryl methyl sites for hydroxylation is 1.